The van der Waals surface area contributed by atoms with Crippen molar-refractivity contribution < 1.29 is 75.5 Å². The van der Waals surface area contributed by atoms with Gasteiger partial charge in [0.05, 0.1) is 17.9 Å². The van der Waals surface area contributed by atoms with Gasteiger partial charge in [0.2, 0.25) is 17.7 Å². The molecule has 0 unspecified atom stereocenters. The first kappa shape index (κ1) is 47.4. The molecule has 0 aromatic rings. The molecule has 0 spiro atoms. The average Bonchev–Trinajstić information content (AvgIpc) is 2.72. The molecular formula is C18H24FeN3O12. The first-order valence-corrected chi connectivity index (χ1v) is 7.69. The summed E-state index contributed by atoms with van der Waals surface area (Å²) in [7, 11) is 0. The predicted octanol–water partition coefficient (Wildman–Crippen LogP) is -5.40. The summed E-state index contributed by atoms with van der Waals surface area (Å²) >= 11 is 0. The van der Waals surface area contributed by atoms with Crippen molar-refractivity contribution in [2.24, 2.45) is 0 Å². The quantitative estimate of drug-likeness (QED) is 0.215. The molecule has 0 rings (SSSR count). The van der Waals surface area contributed by atoms with Gasteiger partial charge in [-0.05, 0) is 18.2 Å². The standard InChI is InChI=1S/3C5H7NO3.3CH2O.Fe/c3*1-4(7)6-3-2-5(8)9;3*1-2;/h3*2-3H,1H3,(H,6,7)(H,8,9);3*1H2;/q;;;;;;+3/p-3. The second-order valence-electron chi connectivity index (χ2n) is 4.06. The van der Waals surface area contributed by atoms with Crippen molar-refractivity contribution in [1.82, 2.24) is 16.0 Å². The van der Waals surface area contributed by atoms with E-state index in [1.807, 2.05) is 20.4 Å². The van der Waals surface area contributed by atoms with Crippen LogP contribution in [0.4, 0.5) is 0 Å². The van der Waals surface area contributed by atoms with Crippen molar-refractivity contribution in [1.29, 1.82) is 0 Å². The average molecular weight is 530 g/mol. The predicted molar refractivity (Wildman–Crippen MR) is 105 cm³/mol. The molecule has 15 nitrogen and oxygen atoms in total. The summed E-state index contributed by atoms with van der Waals surface area (Å²) in [6.07, 6.45) is 5.25. The van der Waals surface area contributed by atoms with E-state index in [9.17, 15) is 44.1 Å². The van der Waals surface area contributed by atoms with Crippen LogP contribution in [0.2, 0.25) is 0 Å². The number of carboxylic acid groups (broad SMARTS) is 3. The van der Waals surface area contributed by atoms with Crippen LogP contribution in [-0.4, -0.2) is 56.0 Å². The number of hydrogen-bond acceptors (Lipinski definition) is 12. The van der Waals surface area contributed by atoms with Gasteiger partial charge in [0.15, 0.2) is 0 Å². The van der Waals surface area contributed by atoms with E-state index in [-0.39, 0.29) is 34.8 Å². The fraction of sp³-hybridized carbons (Fsp3) is 0.167. The van der Waals surface area contributed by atoms with Crippen molar-refractivity contribution in [3.05, 3.63) is 36.8 Å². The third kappa shape index (κ3) is 106. The molecule has 0 saturated carbocycles. The first-order chi connectivity index (χ1) is 15.4. The van der Waals surface area contributed by atoms with Gasteiger partial charge in [0, 0.05) is 39.4 Å². The number of rotatable bonds is 6. The summed E-state index contributed by atoms with van der Waals surface area (Å²) in [6.45, 7) is 9.83. The Bertz CT molecular complexity index is 589. The monoisotopic (exact) mass is 530 g/mol. The second kappa shape index (κ2) is 42.6. The number of hydrogen-bond donors (Lipinski definition) is 3. The van der Waals surface area contributed by atoms with Gasteiger partial charge in [-0.2, -0.15) is 0 Å². The minimum absolute atomic E-state index is 0. The van der Waals surface area contributed by atoms with Gasteiger partial charge in [-0.1, -0.05) is 0 Å². The Morgan fingerprint density at radius 1 is 0.500 bits per heavy atom. The maximum Gasteiger partial charge on any atom is 3.00 e. The van der Waals surface area contributed by atoms with Crippen LogP contribution in [0.15, 0.2) is 36.8 Å². The van der Waals surface area contributed by atoms with Crippen LogP contribution in [0.25, 0.3) is 0 Å². The van der Waals surface area contributed by atoms with Crippen LogP contribution in [0.3, 0.4) is 0 Å². The Balaban J connectivity index is -0.0000000569. The minimum atomic E-state index is -1.33. The van der Waals surface area contributed by atoms with E-state index in [1.165, 1.54) is 20.8 Å². The van der Waals surface area contributed by atoms with E-state index in [1.54, 1.807) is 0 Å². The van der Waals surface area contributed by atoms with Gasteiger partial charge in [-0.25, -0.2) is 0 Å². The molecule has 0 aliphatic carbocycles. The Labute approximate surface area is 205 Å². The molecule has 34 heavy (non-hydrogen) atoms. The van der Waals surface area contributed by atoms with Gasteiger partial charge in [0.25, 0.3) is 0 Å². The van der Waals surface area contributed by atoms with Gasteiger partial charge in [-0.15, -0.1) is 0 Å². The molecule has 3 N–H and O–H groups in total. The fourth-order valence-electron chi connectivity index (χ4n) is 0.681. The Hall–Kier alpha value is -4.43. The van der Waals surface area contributed by atoms with Crippen molar-refractivity contribution >= 4 is 56.0 Å². The first-order valence-electron chi connectivity index (χ1n) is 7.69. The van der Waals surface area contributed by atoms with E-state index in [4.69, 9.17) is 14.4 Å². The molecule has 0 saturated heterocycles. The Morgan fingerprint density at radius 2 is 0.647 bits per heavy atom. The largest absolute Gasteiger partial charge is 3.00 e. The van der Waals surface area contributed by atoms with Crippen LogP contribution >= 0.6 is 0 Å². The van der Waals surface area contributed by atoms with Crippen molar-refractivity contribution in [3.63, 3.8) is 0 Å². The maximum absolute atomic E-state index is 10.0. The molecule has 0 bridgehead atoms. The molecular weight excluding hydrogens is 506 g/mol. The minimum Gasteiger partial charge on any atom is -0.545 e. The number of aliphatic carboxylic acids is 3. The van der Waals surface area contributed by atoms with Gasteiger partial charge < -0.3 is 60.0 Å². The third-order valence-electron chi connectivity index (χ3n) is 1.52. The molecule has 0 aliphatic heterocycles. The normalized spacial score (nSPS) is 7.85. The van der Waals surface area contributed by atoms with Crippen LogP contribution < -0.4 is 31.3 Å². The number of carboxylic acids is 3. The van der Waals surface area contributed by atoms with Crippen molar-refractivity contribution in [3.8, 4) is 0 Å². The summed E-state index contributed by atoms with van der Waals surface area (Å²) in [4.78, 5) is 83.0. The SMILES string of the molecule is C=O.C=O.C=O.CC(=O)NC=CC(=O)[O-].CC(=O)NC=CC(=O)[O-].CC(=O)NC=CC(=O)[O-].[Fe+3]. The molecule has 0 aliphatic rings. The number of nitrogens with one attached hydrogen (secondary N) is 3. The Kier molecular flexibility index (Phi) is 59.4. The molecule has 3 amide bonds. The van der Waals surface area contributed by atoms with Crippen LogP contribution in [0, 0.1) is 0 Å². The summed E-state index contributed by atoms with van der Waals surface area (Å²) in [5.74, 6) is -4.93. The van der Waals surface area contributed by atoms with Gasteiger partial charge in [0.1, 0.15) is 20.4 Å². The number of carbonyl (C=O) groups excluding carboxylic acids is 9. The Morgan fingerprint density at radius 3 is 0.735 bits per heavy atom. The molecule has 0 heterocycles. The zero-order valence-corrected chi connectivity index (χ0v) is 19.4. The van der Waals surface area contributed by atoms with Crippen LogP contribution in [-0.2, 0) is 60.2 Å². The number of amides is 3. The molecule has 0 fully saturated rings. The van der Waals surface area contributed by atoms with Crippen molar-refractivity contribution in [2.45, 2.75) is 20.8 Å². The molecule has 1 radical (unpaired) electrons. The molecule has 0 aromatic heterocycles. The smallest absolute Gasteiger partial charge is 0.545 e. The van der Waals surface area contributed by atoms with Crippen LogP contribution in [0.1, 0.15) is 20.8 Å². The van der Waals surface area contributed by atoms with Gasteiger partial charge in [-0.3, -0.25) is 14.4 Å². The van der Waals surface area contributed by atoms with E-state index in [0.717, 1.165) is 36.8 Å². The van der Waals surface area contributed by atoms with E-state index >= 15 is 0 Å². The summed E-state index contributed by atoms with van der Waals surface area (Å²) < 4.78 is 0. The molecule has 16 heteroatoms. The van der Waals surface area contributed by atoms with Crippen LogP contribution in [0.5, 0.6) is 0 Å². The third-order valence-corrected chi connectivity index (χ3v) is 1.52. The zero-order chi connectivity index (χ0) is 27.8. The molecule has 0 aromatic carbocycles. The summed E-state index contributed by atoms with van der Waals surface area (Å²) in [5.41, 5.74) is 0. The van der Waals surface area contributed by atoms with E-state index < -0.39 is 17.9 Å². The summed E-state index contributed by atoms with van der Waals surface area (Å²) in [5, 5.41) is 35.3. The fourth-order valence-corrected chi connectivity index (χ4v) is 0.681. The number of carbonyl (C=O) groups is 9. The van der Waals surface area contributed by atoms with Crippen molar-refractivity contribution in [2.75, 3.05) is 0 Å². The second-order valence-corrected chi connectivity index (χ2v) is 4.06. The molecule has 0 atom stereocenters. The van der Waals surface area contributed by atoms with E-state index in [2.05, 4.69) is 16.0 Å². The maximum atomic E-state index is 10.0. The zero-order valence-electron chi connectivity index (χ0n) is 18.3. The van der Waals surface area contributed by atoms with E-state index in [0.29, 0.717) is 0 Å². The molecule has 191 valence electrons. The topological polar surface area (TPSA) is 259 Å². The summed E-state index contributed by atoms with van der Waals surface area (Å²) in [6, 6.07) is 0. The van der Waals surface area contributed by atoms with Gasteiger partial charge >= 0.3 is 17.1 Å².